The SMILES string of the molecule is CCc1nn(C)cc1CNCCC1=CCCCC1. The molecule has 0 spiro atoms. The summed E-state index contributed by atoms with van der Waals surface area (Å²) in [7, 11) is 2.00. The Hall–Kier alpha value is -1.09. The minimum absolute atomic E-state index is 0.949. The fourth-order valence-electron chi connectivity index (χ4n) is 2.63. The van der Waals surface area contributed by atoms with Gasteiger partial charge in [-0.25, -0.2) is 0 Å². The zero-order valence-corrected chi connectivity index (χ0v) is 11.7. The van der Waals surface area contributed by atoms with Crippen LogP contribution in [-0.2, 0) is 20.0 Å². The lowest BCUT2D eigenvalue weighted by molar-refractivity contribution is 0.631. The molecule has 0 radical (unpaired) electrons. The van der Waals surface area contributed by atoms with Gasteiger partial charge in [0.25, 0.3) is 0 Å². The Morgan fingerprint density at radius 2 is 2.28 bits per heavy atom. The van der Waals surface area contributed by atoms with Crippen LogP contribution in [0.4, 0.5) is 0 Å². The van der Waals surface area contributed by atoms with Crippen LogP contribution in [0.1, 0.15) is 50.3 Å². The summed E-state index contributed by atoms with van der Waals surface area (Å²) in [6.45, 7) is 4.20. The quantitative estimate of drug-likeness (QED) is 0.618. The molecule has 0 fully saturated rings. The lowest BCUT2D eigenvalue weighted by Crippen LogP contribution is -2.16. The molecule has 0 aromatic carbocycles. The van der Waals surface area contributed by atoms with Crippen LogP contribution in [0, 0.1) is 0 Å². The average molecular weight is 247 g/mol. The lowest BCUT2D eigenvalue weighted by Gasteiger charge is -2.12. The van der Waals surface area contributed by atoms with E-state index >= 15 is 0 Å². The number of nitrogens with zero attached hydrogens (tertiary/aromatic N) is 2. The maximum atomic E-state index is 4.46. The van der Waals surface area contributed by atoms with Crippen LogP contribution >= 0.6 is 0 Å². The van der Waals surface area contributed by atoms with E-state index in [9.17, 15) is 0 Å². The van der Waals surface area contributed by atoms with E-state index in [1.165, 1.54) is 43.4 Å². The molecule has 0 aliphatic heterocycles. The van der Waals surface area contributed by atoms with Crippen molar-refractivity contribution < 1.29 is 0 Å². The highest BCUT2D eigenvalue weighted by Gasteiger charge is 2.06. The maximum absolute atomic E-state index is 4.46. The van der Waals surface area contributed by atoms with E-state index in [2.05, 4.69) is 29.6 Å². The van der Waals surface area contributed by atoms with Gasteiger partial charge in [-0.1, -0.05) is 18.6 Å². The van der Waals surface area contributed by atoms with E-state index in [1.807, 2.05) is 11.7 Å². The average Bonchev–Trinajstić information content (AvgIpc) is 2.76. The molecule has 1 aromatic rings. The fourth-order valence-corrected chi connectivity index (χ4v) is 2.63. The molecule has 1 aliphatic carbocycles. The molecule has 0 saturated carbocycles. The van der Waals surface area contributed by atoms with Gasteiger partial charge in [0.2, 0.25) is 0 Å². The molecule has 1 aliphatic rings. The highest BCUT2D eigenvalue weighted by Crippen LogP contribution is 2.19. The smallest absolute Gasteiger partial charge is 0.0666 e. The summed E-state index contributed by atoms with van der Waals surface area (Å²) in [4.78, 5) is 0. The predicted molar refractivity (Wildman–Crippen MR) is 75.5 cm³/mol. The van der Waals surface area contributed by atoms with Gasteiger partial charge in [0, 0.05) is 25.4 Å². The second kappa shape index (κ2) is 6.74. The third kappa shape index (κ3) is 3.70. The Bertz CT molecular complexity index is 404. The number of rotatable bonds is 6. The van der Waals surface area contributed by atoms with Crippen molar-refractivity contribution in [2.75, 3.05) is 6.54 Å². The molecule has 0 bridgehead atoms. The van der Waals surface area contributed by atoms with Gasteiger partial charge in [-0.15, -0.1) is 0 Å². The summed E-state index contributed by atoms with van der Waals surface area (Å²) in [5, 5.41) is 8.01. The van der Waals surface area contributed by atoms with Gasteiger partial charge in [0.15, 0.2) is 0 Å². The van der Waals surface area contributed by atoms with Gasteiger partial charge in [-0.05, 0) is 45.1 Å². The number of aromatic nitrogens is 2. The Morgan fingerprint density at radius 1 is 1.39 bits per heavy atom. The third-order valence-corrected chi connectivity index (χ3v) is 3.65. The first-order valence-corrected chi connectivity index (χ1v) is 7.19. The normalized spacial score (nSPS) is 15.8. The second-order valence-corrected chi connectivity index (χ2v) is 5.16. The molecule has 0 unspecified atom stereocenters. The number of allylic oxidation sites excluding steroid dienone is 1. The van der Waals surface area contributed by atoms with E-state index < -0.39 is 0 Å². The topological polar surface area (TPSA) is 29.9 Å². The van der Waals surface area contributed by atoms with Crippen LogP contribution in [0.5, 0.6) is 0 Å². The van der Waals surface area contributed by atoms with Crippen molar-refractivity contribution in [1.29, 1.82) is 0 Å². The van der Waals surface area contributed by atoms with Crippen molar-refractivity contribution in [3.63, 3.8) is 0 Å². The van der Waals surface area contributed by atoms with Crippen LogP contribution in [-0.4, -0.2) is 16.3 Å². The zero-order chi connectivity index (χ0) is 12.8. The molecule has 2 rings (SSSR count). The monoisotopic (exact) mass is 247 g/mol. The molecule has 0 amide bonds. The van der Waals surface area contributed by atoms with Crippen LogP contribution in [0.2, 0.25) is 0 Å². The van der Waals surface area contributed by atoms with E-state index in [0.717, 1.165) is 19.5 Å². The van der Waals surface area contributed by atoms with Crippen LogP contribution in [0.25, 0.3) is 0 Å². The van der Waals surface area contributed by atoms with Crippen molar-refractivity contribution in [2.45, 2.75) is 52.0 Å². The summed E-state index contributed by atoms with van der Waals surface area (Å²) in [6, 6.07) is 0. The second-order valence-electron chi connectivity index (χ2n) is 5.16. The molecule has 3 heteroatoms. The largest absolute Gasteiger partial charge is 0.312 e. The summed E-state index contributed by atoms with van der Waals surface area (Å²) in [6.07, 6.45) is 12.2. The highest BCUT2D eigenvalue weighted by atomic mass is 15.3. The Morgan fingerprint density at radius 3 is 3.00 bits per heavy atom. The highest BCUT2D eigenvalue weighted by molar-refractivity contribution is 5.16. The van der Waals surface area contributed by atoms with Gasteiger partial charge in [0.1, 0.15) is 0 Å². The minimum Gasteiger partial charge on any atom is -0.312 e. The first-order chi connectivity index (χ1) is 8.79. The van der Waals surface area contributed by atoms with Gasteiger partial charge in [-0.2, -0.15) is 5.10 Å². The molecular weight excluding hydrogens is 222 g/mol. The van der Waals surface area contributed by atoms with Crippen molar-refractivity contribution in [3.05, 3.63) is 29.1 Å². The van der Waals surface area contributed by atoms with Crippen molar-refractivity contribution in [3.8, 4) is 0 Å². The van der Waals surface area contributed by atoms with Gasteiger partial charge < -0.3 is 5.32 Å². The summed E-state index contributed by atoms with van der Waals surface area (Å²) in [5.41, 5.74) is 4.22. The van der Waals surface area contributed by atoms with Crippen molar-refractivity contribution in [1.82, 2.24) is 15.1 Å². The summed E-state index contributed by atoms with van der Waals surface area (Å²) < 4.78 is 1.92. The molecule has 0 atom stereocenters. The van der Waals surface area contributed by atoms with Crippen LogP contribution in [0.3, 0.4) is 0 Å². The lowest BCUT2D eigenvalue weighted by atomic mass is 9.97. The van der Waals surface area contributed by atoms with Gasteiger partial charge >= 0.3 is 0 Å². The molecule has 18 heavy (non-hydrogen) atoms. The van der Waals surface area contributed by atoms with Crippen LogP contribution < -0.4 is 5.32 Å². The molecule has 0 saturated heterocycles. The molecule has 1 heterocycles. The fraction of sp³-hybridized carbons (Fsp3) is 0.667. The van der Waals surface area contributed by atoms with Crippen molar-refractivity contribution >= 4 is 0 Å². The Labute approximate surface area is 110 Å². The predicted octanol–water partition coefficient (Wildman–Crippen LogP) is 2.96. The zero-order valence-electron chi connectivity index (χ0n) is 11.7. The third-order valence-electron chi connectivity index (χ3n) is 3.65. The number of hydrogen-bond acceptors (Lipinski definition) is 2. The van der Waals surface area contributed by atoms with E-state index in [1.54, 1.807) is 5.57 Å². The van der Waals surface area contributed by atoms with E-state index in [0.29, 0.717) is 0 Å². The van der Waals surface area contributed by atoms with Gasteiger partial charge in [-0.3, -0.25) is 4.68 Å². The number of hydrogen-bond donors (Lipinski definition) is 1. The van der Waals surface area contributed by atoms with Gasteiger partial charge in [0.05, 0.1) is 5.69 Å². The van der Waals surface area contributed by atoms with Crippen LogP contribution in [0.15, 0.2) is 17.8 Å². The standard InChI is InChI=1S/C15H25N3/c1-3-15-14(12-18(2)17-15)11-16-10-9-13-7-5-4-6-8-13/h7,12,16H,3-6,8-11H2,1-2H3. The molecule has 3 nitrogen and oxygen atoms in total. The molecule has 100 valence electrons. The number of nitrogens with one attached hydrogen (secondary N) is 1. The first kappa shape index (κ1) is 13.3. The Balaban J connectivity index is 1.73. The summed E-state index contributed by atoms with van der Waals surface area (Å²) >= 11 is 0. The minimum atomic E-state index is 0.949. The molecule has 1 N–H and O–H groups in total. The maximum Gasteiger partial charge on any atom is 0.0666 e. The summed E-state index contributed by atoms with van der Waals surface area (Å²) in [5.74, 6) is 0. The molecule has 1 aromatic heterocycles. The first-order valence-electron chi connectivity index (χ1n) is 7.19. The van der Waals surface area contributed by atoms with Crippen molar-refractivity contribution in [2.24, 2.45) is 7.05 Å². The number of aryl methyl sites for hydroxylation is 2. The Kier molecular flexibility index (Phi) is 5.00. The van der Waals surface area contributed by atoms with E-state index in [-0.39, 0.29) is 0 Å². The van der Waals surface area contributed by atoms with E-state index in [4.69, 9.17) is 0 Å². The molecular formula is C15H25N3.